The Balaban J connectivity index is 3.26. The Morgan fingerprint density at radius 1 is 1.43 bits per heavy atom. The van der Waals surface area contributed by atoms with Crippen LogP contribution in [0.25, 0.3) is 0 Å². The Hall–Kier alpha value is -0.610. The lowest BCUT2D eigenvalue weighted by molar-refractivity contribution is -0.128. The van der Waals surface area contributed by atoms with E-state index in [9.17, 15) is 9.90 Å². The Kier molecular flexibility index (Phi) is 7.42. The number of carbonyl (C=O) groups is 1. The van der Waals surface area contributed by atoms with Gasteiger partial charge in [-0.2, -0.15) is 0 Å². The fraction of sp³-hybridized carbons (Fsp3) is 0.900. The van der Waals surface area contributed by atoms with Crippen LogP contribution in [-0.4, -0.2) is 49.2 Å². The average Bonchev–Trinajstić information content (AvgIpc) is 2.16. The predicted octanol–water partition coefficient (Wildman–Crippen LogP) is 0.215. The van der Waals surface area contributed by atoms with Crippen molar-refractivity contribution in [3.63, 3.8) is 0 Å². The fourth-order valence-electron chi connectivity index (χ4n) is 1.02. The zero-order chi connectivity index (χ0) is 11.0. The Bertz CT molecular complexity index is 160. The number of aliphatic hydroxyl groups is 1. The third-order valence-electron chi connectivity index (χ3n) is 2.14. The zero-order valence-electron chi connectivity index (χ0n) is 9.42. The van der Waals surface area contributed by atoms with Gasteiger partial charge in [-0.05, 0) is 19.4 Å². The van der Waals surface area contributed by atoms with Crippen molar-refractivity contribution in [2.24, 2.45) is 0 Å². The third-order valence-corrected chi connectivity index (χ3v) is 2.14. The van der Waals surface area contributed by atoms with Crippen LogP contribution in [0.5, 0.6) is 0 Å². The minimum absolute atomic E-state index is 0.133. The molecule has 0 bridgehead atoms. The van der Waals surface area contributed by atoms with Crippen molar-refractivity contribution in [2.45, 2.75) is 32.3 Å². The summed E-state index contributed by atoms with van der Waals surface area (Å²) in [6.07, 6.45) is 1.85. The van der Waals surface area contributed by atoms with Crippen molar-refractivity contribution in [1.82, 2.24) is 10.2 Å². The Morgan fingerprint density at radius 3 is 2.57 bits per heavy atom. The zero-order valence-corrected chi connectivity index (χ0v) is 9.42. The summed E-state index contributed by atoms with van der Waals surface area (Å²) in [5.74, 6) is 0.133. The molecule has 0 aliphatic carbocycles. The molecule has 0 saturated heterocycles. The molecule has 0 fully saturated rings. The minimum atomic E-state index is -0.216. The molecular weight excluding hydrogens is 180 g/mol. The van der Waals surface area contributed by atoms with E-state index in [0.29, 0.717) is 13.0 Å². The normalized spacial score (nSPS) is 12.6. The van der Waals surface area contributed by atoms with E-state index in [4.69, 9.17) is 0 Å². The fourth-order valence-corrected chi connectivity index (χ4v) is 1.02. The van der Waals surface area contributed by atoms with E-state index in [0.717, 1.165) is 19.4 Å². The summed E-state index contributed by atoms with van der Waals surface area (Å²) in [6.45, 7) is 3.42. The molecule has 0 aliphatic heterocycles. The maximum Gasteiger partial charge on any atom is 0.223 e. The van der Waals surface area contributed by atoms with Crippen LogP contribution in [0.3, 0.4) is 0 Å². The molecule has 0 rings (SSSR count). The first-order valence-corrected chi connectivity index (χ1v) is 5.16. The lowest BCUT2D eigenvalue weighted by Gasteiger charge is -2.11. The standard InChI is InChI=1S/C10H22N2O2/c1-4-9(13)5-7-11-8-6-10(14)12(2)3/h9,11,13H,4-8H2,1-3H3. The summed E-state index contributed by atoms with van der Waals surface area (Å²) in [4.78, 5) is 12.7. The van der Waals surface area contributed by atoms with E-state index in [1.54, 1.807) is 19.0 Å². The number of rotatable bonds is 7. The highest BCUT2D eigenvalue weighted by Gasteiger charge is 2.03. The van der Waals surface area contributed by atoms with Crippen molar-refractivity contribution < 1.29 is 9.90 Å². The van der Waals surface area contributed by atoms with E-state index >= 15 is 0 Å². The minimum Gasteiger partial charge on any atom is -0.393 e. The van der Waals surface area contributed by atoms with Gasteiger partial charge >= 0.3 is 0 Å². The number of hydrogen-bond donors (Lipinski definition) is 2. The highest BCUT2D eigenvalue weighted by molar-refractivity contribution is 5.75. The molecule has 0 aromatic heterocycles. The van der Waals surface area contributed by atoms with Gasteiger partial charge in [0.15, 0.2) is 0 Å². The molecule has 4 nitrogen and oxygen atoms in total. The lowest BCUT2D eigenvalue weighted by atomic mass is 10.2. The van der Waals surface area contributed by atoms with Gasteiger partial charge in [0.25, 0.3) is 0 Å². The van der Waals surface area contributed by atoms with Crippen molar-refractivity contribution in [3.8, 4) is 0 Å². The molecule has 0 radical (unpaired) electrons. The summed E-state index contributed by atoms with van der Waals surface area (Å²) in [7, 11) is 3.51. The molecule has 1 atom stereocenters. The van der Waals surface area contributed by atoms with Crippen molar-refractivity contribution in [3.05, 3.63) is 0 Å². The van der Waals surface area contributed by atoms with E-state index in [1.165, 1.54) is 0 Å². The predicted molar refractivity (Wildman–Crippen MR) is 57.1 cm³/mol. The quantitative estimate of drug-likeness (QED) is 0.580. The van der Waals surface area contributed by atoms with E-state index < -0.39 is 0 Å². The van der Waals surface area contributed by atoms with Gasteiger partial charge in [-0.15, -0.1) is 0 Å². The third kappa shape index (κ3) is 6.86. The molecule has 1 amide bonds. The van der Waals surface area contributed by atoms with Crippen LogP contribution < -0.4 is 5.32 Å². The second-order valence-corrected chi connectivity index (χ2v) is 3.64. The van der Waals surface area contributed by atoms with Gasteiger partial charge in [0.1, 0.15) is 0 Å². The molecule has 0 heterocycles. The number of nitrogens with zero attached hydrogens (tertiary/aromatic N) is 1. The van der Waals surface area contributed by atoms with Gasteiger partial charge < -0.3 is 15.3 Å². The first-order chi connectivity index (χ1) is 6.57. The van der Waals surface area contributed by atoms with Crippen molar-refractivity contribution in [2.75, 3.05) is 27.2 Å². The summed E-state index contributed by atoms with van der Waals surface area (Å²) in [6, 6.07) is 0. The summed E-state index contributed by atoms with van der Waals surface area (Å²) in [5.41, 5.74) is 0. The molecule has 2 N–H and O–H groups in total. The number of amides is 1. The van der Waals surface area contributed by atoms with E-state index in [-0.39, 0.29) is 12.0 Å². The Labute approximate surface area is 86.3 Å². The second-order valence-electron chi connectivity index (χ2n) is 3.64. The molecule has 0 saturated carbocycles. The first-order valence-electron chi connectivity index (χ1n) is 5.16. The van der Waals surface area contributed by atoms with Gasteiger partial charge in [0.05, 0.1) is 6.10 Å². The number of carbonyl (C=O) groups excluding carboxylic acids is 1. The van der Waals surface area contributed by atoms with Crippen LogP contribution in [0.15, 0.2) is 0 Å². The summed E-state index contributed by atoms with van der Waals surface area (Å²) >= 11 is 0. The number of nitrogens with one attached hydrogen (secondary N) is 1. The maximum absolute atomic E-state index is 11.1. The largest absolute Gasteiger partial charge is 0.393 e. The van der Waals surface area contributed by atoms with Crippen LogP contribution in [0, 0.1) is 0 Å². The number of hydrogen-bond acceptors (Lipinski definition) is 3. The van der Waals surface area contributed by atoms with Crippen LogP contribution in [0.4, 0.5) is 0 Å². The molecular formula is C10H22N2O2. The molecule has 14 heavy (non-hydrogen) atoms. The van der Waals surface area contributed by atoms with E-state index in [1.807, 2.05) is 6.92 Å². The van der Waals surface area contributed by atoms with Gasteiger partial charge in [-0.1, -0.05) is 6.92 Å². The molecule has 84 valence electrons. The molecule has 0 aliphatic rings. The monoisotopic (exact) mass is 202 g/mol. The smallest absolute Gasteiger partial charge is 0.223 e. The highest BCUT2D eigenvalue weighted by atomic mass is 16.3. The van der Waals surface area contributed by atoms with Crippen LogP contribution in [-0.2, 0) is 4.79 Å². The van der Waals surface area contributed by atoms with Crippen molar-refractivity contribution >= 4 is 5.91 Å². The van der Waals surface area contributed by atoms with Gasteiger partial charge in [0, 0.05) is 27.1 Å². The van der Waals surface area contributed by atoms with Crippen LogP contribution in [0.1, 0.15) is 26.2 Å². The summed E-state index contributed by atoms with van der Waals surface area (Å²) in [5, 5.41) is 12.4. The number of aliphatic hydroxyl groups excluding tert-OH is 1. The highest BCUT2D eigenvalue weighted by Crippen LogP contribution is 1.94. The maximum atomic E-state index is 11.1. The molecule has 1 unspecified atom stereocenters. The first kappa shape index (κ1) is 13.4. The lowest BCUT2D eigenvalue weighted by Crippen LogP contribution is -2.28. The van der Waals surface area contributed by atoms with Gasteiger partial charge in [0.2, 0.25) is 5.91 Å². The van der Waals surface area contributed by atoms with E-state index in [2.05, 4.69) is 5.32 Å². The molecule has 0 spiro atoms. The second kappa shape index (κ2) is 7.76. The van der Waals surface area contributed by atoms with Crippen LogP contribution in [0.2, 0.25) is 0 Å². The summed E-state index contributed by atoms with van der Waals surface area (Å²) < 4.78 is 0. The Morgan fingerprint density at radius 2 is 2.07 bits per heavy atom. The SMILES string of the molecule is CCC(O)CCNCCC(=O)N(C)C. The molecule has 0 aromatic carbocycles. The molecule has 4 heteroatoms. The van der Waals surface area contributed by atoms with Gasteiger partial charge in [-0.3, -0.25) is 4.79 Å². The van der Waals surface area contributed by atoms with Crippen LogP contribution >= 0.6 is 0 Å². The average molecular weight is 202 g/mol. The van der Waals surface area contributed by atoms with Crippen molar-refractivity contribution in [1.29, 1.82) is 0 Å². The van der Waals surface area contributed by atoms with Gasteiger partial charge in [-0.25, -0.2) is 0 Å². The topological polar surface area (TPSA) is 52.6 Å². The molecule has 0 aromatic rings.